The summed E-state index contributed by atoms with van der Waals surface area (Å²) in [5.74, 6) is 0.354. The third-order valence-corrected chi connectivity index (χ3v) is 4.82. The van der Waals surface area contributed by atoms with Gasteiger partial charge in [0.1, 0.15) is 12.4 Å². The van der Waals surface area contributed by atoms with E-state index in [1.54, 1.807) is 23.5 Å². The van der Waals surface area contributed by atoms with Crippen molar-refractivity contribution in [3.05, 3.63) is 73.7 Å². The van der Waals surface area contributed by atoms with Gasteiger partial charge in [-0.2, -0.15) is 0 Å². The molecule has 0 aliphatic carbocycles. The number of anilines is 1. The number of nitrogens with one attached hydrogen (secondary N) is 1. The van der Waals surface area contributed by atoms with E-state index in [1.807, 2.05) is 48.7 Å². The molecule has 0 fully saturated rings. The Bertz CT molecular complexity index is 846. The smallest absolute Gasteiger partial charge is 0.259 e. The Labute approximate surface area is 158 Å². The molecule has 0 unspecified atom stereocenters. The molecule has 0 bridgehead atoms. The number of aromatic nitrogens is 1. The van der Waals surface area contributed by atoms with Crippen LogP contribution in [-0.4, -0.2) is 10.9 Å². The fourth-order valence-corrected chi connectivity index (χ4v) is 3.09. The van der Waals surface area contributed by atoms with Gasteiger partial charge in [0, 0.05) is 14.6 Å². The van der Waals surface area contributed by atoms with Crippen LogP contribution in [0.15, 0.2) is 53.9 Å². The first kappa shape index (κ1) is 16.9. The number of aryl methyl sites for hydroxylation is 1. The molecular formula is C18H15IN2O2S. The molecule has 3 rings (SSSR count). The fourth-order valence-electron chi connectivity index (χ4n) is 2.14. The molecule has 4 nitrogen and oxygen atoms in total. The van der Waals surface area contributed by atoms with Crippen LogP contribution in [0.5, 0.6) is 5.75 Å². The van der Waals surface area contributed by atoms with E-state index in [1.165, 1.54) is 0 Å². The van der Waals surface area contributed by atoms with Gasteiger partial charge in [-0.15, -0.1) is 11.3 Å². The number of rotatable bonds is 5. The average Bonchev–Trinajstić information content (AvgIpc) is 3.01. The minimum atomic E-state index is -0.193. The van der Waals surface area contributed by atoms with E-state index in [2.05, 4.69) is 32.9 Å². The molecule has 0 aliphatic heterocycles. The SMILES string of the molecule is Cc1nc(COc2ccccc2C(=O)Nc2ccc(I)cc2)cs1. The molecule has 24 heavy (non-hydrogen) atoms. The van der Waals surface area contributed by atoms with E-state index in [0.29, 0.717) is 17.9 Å². The summed E-state index contributed by atoms with van der Waals surface area (Å²) in [5, 5.41) is 5.85. The van der Waals surface area contributed by atoms with Crippen LogP contribution >= 0.6 is 33.9 Å². The van der Waals surface area contributed by atoms with Crippen LogP contribution in [-0.2, 0) is 6.61 Å². The molecule has 0 spiro atoms. The maximum atomic E-state index is 12.5. The molecule has 2 aromatic carbocycles. The number of thiazole rings is 1. The number of ether oxygens (including phenoxy) is 1. The summed E-state index contributed by atoms with van der Waals surface area (Å²) in [7, 11) is 0. The van der Waals surface area contributed by atoms with Gasteiger partial charge in [-0.25, -0.2) is 4.98 Å². The summed E-state index contributed by atoms with van der Waals surface area (Å²) in [5.41, 5.74) is 2.12. The first-order valence-corrected chi connectivity index (χ1v) is 9.27. The molecule has 0 radical (unpaired) electrons. The number of benzene rings is 2. The van der Waals surface area contributed by atoms with E-state index in [9.17, 15) is 4.79 Å². The number of amides is 1. The second-order valence-electron chi connectivity index (χ2n) is 5.10. The van der Waals surface area contributed by atoms with Crippen LogP contribution in [0.4, 0.5) is 5.69 Å². The zero-order chi connectivity index (χ0) is 16.9. The average molecular weight is 450 g/mol. The van der Waals surface area contributed by atoms with Crippen LogP contribution < -0.4 is 10.1 Å². The second kappa shape index (κ2) is 7.76. The number of halogens is 1. The van der Waals surface area contributed by atoms with Gasteiger partial charge in [0.15, 0.2) is 0 Å². The van der Waals surface area contributed by atoms with Crippen molar-refractivity contribution >= 4 is 45.5 Å². The van der Waals surface area contributed by atoms with Gasteiger partial charge >= 0.3 is 0 Å². The predicted molar refractivity (Wildman–Crippen MR) is 105 cm³/mol. The molecule has 1 N–H and O–H groups in total. The van der Waals surface area contributed by atoms with Crippen molar-refractivity contribution in [3.63, 3.8) is 0 Å². The number of para-hydroxylation sites is 1. The van der Waals surface area contributed by atoms with E-state index in [0.717, 1.165) is 20.0 Å². The van der Waals surface area contributed by atoms with Gasteiger partial charge in [-0.3, -0.25) is 4.79 Å². The standard InChI is InChI=1S/C18H15IN2O2S/c1-12-20-15(11-24-12)10-23-17-5-3-2-4-16(17)18(22)21-14-8-6-13(19)7-9-14/h2-9,11H,10H2,1H3,(H,21,22). The summed E-state index contributed by atoms with van der Waals surface area (Å²) in [4.78, 5) is 16.9. The molecule has 0 atom stereocenters. The van der Waals surface area contributed by atoms with Gasteiger partial charge in [-0.1, -0.05) is 12.1 Å². The highest BCUT2D eigenvalue weighted by molar-refractivity contribution is 14.1. The molecule has 122 valence electrons. The summed E-state index contributed by atoms with van der Waals surface area (Å²) in [6.07, 6.45) is 0. The Morgan fingerprint density at radius 3 is 2.67 bits per heavy atom. The predicted octanol–water partition coefficient (Wildman–Crippen LogP) is 4.89. The minimum absolute atomic E-state index is 0.193. The maximum Gasteiger partial charge on any atom is 0.259 e. The number of carbonyl (C=O) groups is 1. The van der Waals surface area contributed by atoms with Crippen LogP contribution in [0.2, 0.25) is 0 Å². The zero-order valence-electron chi connectivity index (χ0n) is 13.0. The molecule has 0 saturated heterocycles. The van der Waals surface area contributed by atoms with Crippen LogP contribution in [0.3, 0.4) is 0 Å². The second-order valence-corrected chi connectivity index (χ2v) is 7.41. The van der Waals surface area contributed by atoms with Crippen LogP contribution in [0, 0.1) is 10.5 Å². The van der Waals surface area contributed by atoms with Gasteiger partial charge in [0.25, 0.3) is 5.91 Å². The first-order valence-electron chi connectivity index (χ1n) is 7.31. The molecule has 1 aromatic heterocycles. The quantitative estimate of drug-likeness (QED) is 0.564. The number of hydrogen-bond donors (Lipinski definition) is 1. The van der Waals surface area contributed by atoms with Crippen molar-refractivity contribution in [2.24, 2.45) is 0 Å². The molecule has 3 aromatic rings. The summed E-state index contributed by atoms with van der Waals surface area (Å²) >= 11 is 3.81. The number of carbonyl (C=O) groups excluding carboxylic acids is 1. The van der Waals surface area contributed by atoms with E-state index in [4.69, 9.17) is 4.74 Å². The summed E-state index contributed by atoms with van der Waals surface area (Å²) < 4.78 is 6.92. The topological polar surface area (TPSA) is 51.2 Å². The molecule has 6 heteroatoms. The zero-order valence-corrected chi connectivity index (χ0v) is 15.9. The molecule has 0 aliphatic rings. The minimum Gasteiger partial charge on any atom is -0.486 e. The Kier molecular flexibility index (Phi) is 5.47. The summed E-state index contributed by atoms with van der Waals surface area (Å²) in [6.45, 7) is 2.30. The van der Waals surface area contributed by atoms with Crippen molar-refractivity contribution in [3.8, 4) is 5.75 Å². The first-order chi connectivity index (χ1) is 11.6. The summed E-state index contributed by atoms with van der Waals surface area (Å²) in [6, 6.07) is 14.9. The third-order valence-electron chi connectivity index (χ3n) is 3.28. The van der Waals surface area contributed by atoms with Crippen molar-refractivity contribution < 1.29 is 9.53 Å². The fraction of sp³-hybridized carbons (Fsp3) is 0.111. The molecule has 1 heterocycles. The van der Waals surface area contributed by atoms with Crippen LogP contribution in [0.1, 0.15) is 21.1 Å². The van der Waals surface area contributed by atoms with E-state index < -0.39 is 0 Å². The van der Waals surface area contributed by atoms with Crippen LogP contribution in [0.25, 0.3) is 0 Å². The number of hydrogen-bond acceptors (Lipinski definition) is 4. The third kappa shape index (κ3) is 4.33. The Balaban J connectivity index is 1.72. The number of nitrogens with zero attached hydrogens (tertiary/aromatic N) is 1. The Morgan fingerprint density at radius 1 is 1.21 bits per heavy atom. The highest BCUT2D eigenvalue weighted by Gasteiger charge is 2.13. The van der Waals surface area contributed by atoms with Crippen molar-refractivity contribution in [2.75, 3.05) is 5.32 Å². The lowest BCUT2D eigenvalue weighted by Crippen LogP contribution is -2.13. The van der Waals surface area contributed by atoms with Crippen molar-refractivity contribution in [1.29, 1.82) is 0 Å². The normalized spacial score (nSPS) is 10.4. The van der Waals surface area contributed by atoms with Gasteiger partial charge in [-0.05, 0) is 65.9 Å². The van der Waals surface area contributed by atoms with Crippen molar-refractivity contribution in [1.82, 2.24) is 4.98 Å². The lowest BCUT2D eigenvalue weighted by Gasteiger charge is -2.11. The molecule has 1 amide bonds. The molecular weight excluding hydrogens is 435 g/mol. The van der Waals surface area contributed by atoms with Gasteiger partial charge < -0.3 is 10.1 Å². The molecule has 0 saturated carbocycles. The van der Waals surface area contributed by atoms with E-state index >= 15 is 0 Å². The lowest BCUT2D eigenvalue weighted by atomic mass is 10.2. The lowest BCUT2D eigenvalue weighted by molar-refractivity contribution is 0.102. The Hall–Kier alpha value is -1.93. The highest BCUT2D eigenvalue weighted by atomic mass is 127. The van der Waals surface area contributed by atoms with Gasteiger partial charge in [0.05, 0.1) is 16.3 Å². The Morgan fingerprint density at radius 2 is 1.96 bits per heavy atom. The monoisotopic (exact) mass is 450 g/mol. The highest BCUT2D eigenvalue weighted by Crippen LogP contribution is 2.21. The maximum absolute atomic E-state index is 12.5. The largest absolute Gasteiger partial charge is 0.486 e. The van der Waals surface area contributed by atoms with E-state index in [-0.39, 0.29) is 5.91 Å². The van der Waals surface area contributed by atoms with Crippen molar-refractivity contribution in [2.45, 2.75) is 13.5 Å². The van der Waals surface area contributed by atoms with Gasteiger partial charge in [0.2, 0.25) is 0 Å².